The van der Waals surface area contributed by atoms with Crippen LogP contribution in [0.2, 0.25) is 0 Å². The molecular weight excluding hydrogens is 407 g/mol. The van der Waals surface area contributed by atoms with E-state index in [0.29, 0.717) is 5.39 Å². The third-order valence-electron chi connectivity index (χ3n) is 5.55. The van der Waals surface area contributed by atoms with E-state index in [9.17, 15) is 13.0 Å². The van der Waals surface area contributed by atoms with Gasteiger partial charge in [0.15, 0.2) is 0 Å². The van der Waals surface area contributed by atoms with Gasteiger partial charge in [0.25, 0.3) is 0 Å². The minimum absolute atomic E-state index is 0. The largest absolute Gasteiger partial charge is 1.00 e. The first-order chi connectivity index (χ1) is 13.5. The second kappa shape index (κ2) is 14.3. The Labute approximate surface area is 220 Å². The average Bonchev–Trinajstić information content (AvgIpc) is 2.67. The van der Waals surface area contributed by atoms with Crippen molar-refractivity contribution in [2.24, 2.45) is 0 Å². The van der Waals surface area contributed by atoms with E-state index in [-0.39, 0.29) is 56.3 Å². The van der Waals surface area contributed by atoms with Crippen molar-refractivity contribution in [1.82, 2.24) is 0 Å². The number of aryl methyl sites for hydroxylation is 2. The molecule has 0 aliphatic carbocycles. The van der Waals surface area contributed by atoms with E-state index < -0.39 is 10.1 Å². The van der Waals surface area contributed by atoms with Gasteiger partial charge in [0.1, 0.15) is 10.1 Å². The number of hydrogen-bond donors (Lipinski definition) is 0. The minimum Gasteiger partial charge on any atom is -0.744 e. The summed E-state index contributed by atoms with van der Waals surface area (Å²) in [6.07, 6.45) is 13.6. The molecule has 156 valence electrons. The Morgan fingerprint density at radius 2 is 1.24 bits per heavy atom. The molecule has 0 spiro atoms. The molecule has 2 aromatic rings. The third-order valence-corrected chi connectivity index (χ3v) is 6.43. The van der Waals surface area contributed by atoms with Gasteiger partial charge in [-0.3, -0.25) is 0 Å². The minimum atomic E-state index is -4.49. The summed E-state index contributed by atoms with van der Waals surface area (Å²) in [5.41, 5.74) is 2.16. The van der Waals surface area contributed by atoms with Gasteiger partial charge >= 0.3 is 51.4 Å². The van der Waals surface area contributed by atoms with Crippen LogP contribution < -0.4 is 51.4 Å². The predicted octanol–water partition coefficient (Wildman–Crippen LogP) is 3.77. The molecule has 0 aliphatic rings. The number of fused-ring (bicyclic) bond motifs is 1. The van der Waals surface area contributed by atoms with Gasteiger partial charge in [0.05, 0.1) is 4.90 Å². The molecule has 0 heterocycles. The van der Waals surface area contributed by atoms with Crippen molar-refractivity contribution in [3.8, 4) is 0 Å². The zero-order valence-electron chi connectivity index (χ0n) is 18.5. The fraction of sp³-hybridized carbons (Fsp3) is 0.583. The Balaban J connectivity index is 0.00000420. The zero-order chi connectivity index (χ0) is 20.4. The average molecular weight is 443 g/mol. The molecular formula is C24H35KO3S. The maximum Gasteiger partial charge on any atom is 1.00 e. The molecule has 0 amide bonds. The van der Waals surface area contributed by atoms with Crippen LogP contribution in [0.3, 0.4) is 0 Å². The molecule has 0 radical (unpaired) electrons. The van der Waals surface area contributed by atoms with E-state index in [2.05, 4.69) is 26.0 Å². The first kappa shape index (κ1) is 27.3. The van der Waals surface area contributed by atoms with E-state index in [1.807, 2.05) is 6.07 Å². The van der Waals surface area contributed by atoms with Gasteiger partial charge in [-0.1, -0.05) is 89.5 Å². The normalized spacial score (nSPS) is 11.6. The van der Waals surface area contributed by atoms with Crippen LogP contribution in [0, 0.1) is 0 Å². The second-order valence-electron chi connectivity index (χ2n) is 7.85. The summed E-state index contributed by atoms with van der Waals surface area (Å²) in [4.78, 5) is -0.0543. The van der Waals surface area contributed by atoms with Gasteiger partial charge in [0.2, 0.25) is 0 Å². The van der Waals surface area contributed by atoms with Crippen molar-refractivity contribution < 1.29 is 64.4 Å². The zero-order valence-corrected chi connectivity index (χ0v) is 22.4. The van der Waals surface area contributed by atoms with Crippen LogP contribution in [0.15, 0.2) is 35.2 Å². The predicted molar refractivity (Wildman–Crippen MR) is 117 cm³/mol. The maximum absolute atomic E-state index is 11.9. The van der Waals surface area contributed by atoms with Gasteiger partial charge in [0, 0.05) is 5.39 Å². The van der Waals surface area contributed by atoms with Crippen molar-refractivity contribution in [1.29, 1.82) is 0 Å². The molecule has 0 bridgehead atoms. The van der Waals surface area contributed by atoms with Crippen LogP contribution >= 0.6 is 0 Å². The summed E-state index contributed by atoms with van der Waals surface area (Å²) in [5, 5.41) is 1.61. The van der Waals surface area contributed by atoms with Gasteiger partial charge in [-0.2, -0.15) is 0 Å². The standard InChI is InChI=1S/C24H36O3S.K/c1-3-5-7-9-11-14-20-18-19-21(15-12-10-8-6-4-2)24-22(20)16-13-17-23(24)28(25,26)27;/h13,16-19H,3-12,14-15H2,1-2H3,(H,25,26,27);/q;+1/p-1. The SMILES string of the molecule is CCCCCCCc1ccc(CCCCCCC)c2c(S(=O)(=O)[O-])cccc12.[K+]. The topological polar surface area (TPSA) is 57.2 Å². The third kappa shape index (κ3) is 8.72. The fourth-order valence-electron chi connectivity index (χ4n) is 3.98. The Morgan fingerprint density at radius 3 is 1.79 bits per heavy atom. The Morgan fingerprint density at radius 1 is 0.724 bits per heavy atom. The molecule has 2 rings (SSSR count). The molecule has 0 N–H and O–H groups in total. The van der Waals surface area contributed by atoms with Crippen LogP contribution in [-0.2, 0) is 23.0 Å². The molecule has 0 saturated heterocycles. The molecule has 29 heavy (non-hydrogen) atoms. The van der Waals surface area contributed by atoms with E-state index >= 15 is 0 Å². The molecule has 3 nitrogen and oxygen atoms in total. The Hall–Kier alpha value is 0.246. The van der Waals surface area contributed by atoms with E-state index in [1.165, 1.54) is 51.0 Å². The number of hydrogen-bond acceptors (Lipinski definition) is 3. The summed E-state index contributed by atoms with van der Waals surface area (Å²) in [5.74, 6) is 0. The molecule has 0 aliphatic heterocycles. The van der Waals surface area contributed by atoms with E-state index in [1.54, 1.807) is 6.07 Å². The smallest absolute Gasteiger partial charge is 0.744 e. The molecule has 0 saturated carbocycles. The number of rotatable bonds is 13. The van der Waals surface area contributed by atoms with Crippen LogP contribution in [-0.4, -0.2) is 13.0 Å². The van der Waals surface area contributed by atoms with Gasteiger partial charge in [-0.05, 0) is 48.3 Å². The number of benzene rings is 2. The Kier molecular flexibility index (Phi) is 13.5. The van der Waals surface area contributed by atoms with E-state index in [0.717, 1.165) is 48.6 Å². The summed E-state index contributed by atoms with van der Waals surface area (Å²) in [6, 6.07) is 9.35. The Bertz CT molecular complexity index is 847. The fourth-order valence-corrected chi connectivity index (χ4v) is 4.71. The molecule has 0 unspecified atom stereocenters. The van der Waals surface area contributed by atoms with Crippen molar-refractivity contribution >= 4 is 20.9 Å². The van der Waals surface area contributed by atoms with Crippen molar-refractivity contribution in [2.75, 3.05) is 0 Å². The maximum atomic E-state index is 11.9. The molecule has 0 fully saturated rings. The van der Waals surface area contributed by atoms with Crippen molar-refractivity contribution in [3.63, 3.8) is 0 Å². The summed E-state index contributed by atoms with van der Waals surface area (Å²) in [6.45, 7) is 4.40. The van der Waals surface area contributed by atoms with Gasteiger partial charge < -0.3 is 4.55 Å². The molecule has 2 aromatic carbocycles. The van der Waals surface area contributed by atoms with Crippen LogP contribution in [0.4, 0.5) is 0 Å². The monoisotopic (exact) mass is 442 g/mol. The van der Waals surface area contributed by atoms with Crippen LogP contribution in [0.25, 0.3) is 10.8 Å². The summed E-state index contributed by atoms with van der Waals surface area (Å²) >= 11 is 0. The van der Waals surface area contributed by atoms with E-state index in [4.69, 9.17) is 0 Å². The van der Waals surface area contributed by atoms with Crippen molar-refractivity contribution in [3.05, 3.63) is 41.5 Å². The molecule has 0 aromatic heterocycles. The summed E-state index contributed by atoms with van der Waals surface area (Å²) < 4.78 is 35.7. The van der Waals surface area contributed by atoms with Crippen molar-refractivity contribution in [2.45, 2.75) is 95.8 Å². The second-order valence-corrected chi connectivity index (χ2v) is 9.19. The van der Waals surface area contributed by atoms with Gasteiger partial charge in [-0.15, -0.1) is 0 Å². The molecule has 5 heteroatoms. The molecule has 0 atom stereocenters. The summed E-state index contributed by atoms with van der Waals surface area (Å²) in [7, 11) is -4.49. The number of unbranched alkanes of at least 4 members (excludes halogenated alkanes) is 8. The first-order valence-electron chi connectivity index (χ1n) is 11.0. The van der Waals surface area contributed by atoms with Crippen LogP contribution in [0.5, 0.6) is 0 Å². The quantitative estimate of drug-likeness (QED) is 0.269. The van der Waals surface area contributed by atoms with Crippen LogP contribution in [0.1, 0.15) is 89.2 Å². The van der Waals surface area contributed by atoms with Gasteiger partial charge in [-0.25, -0.2) is 8.42 Å². The first-order valence-corrected chi connectivity index (χ1v) is 12.4.